The second-order valence-electron chi connectivity index (χ2n) is 5.21. The van der Waals surface area contributed by atoms with Crippen molar-refractivity contribution < 1.29 is 17.9 Å². The van der Waals surface area contributed by atoms with Gasteiger partial charge in [0.25, 0.3) is 0 Å². The summed E-state index contributed by atoms with van der Waals surface area (Å²) in [5.41, 5.74) is 0.0875. The lowest BCUT2D eigenvalue weighted by molar-refractivity contribution is -0.148. The van der Waals surface area contributed by atoms with Crippen LogP contribution in [0.2, 0.25) is 0 Å². The van der Waals surface area contributed by atoms with Gasteiger partial charge in [-0.25, -0.2) is 13.2 Å². The van der Waals surface area contributed by atoms with Crippen LogP contribution in [-0.2, 0) is 19.4 Å². The Morgan fingerprint density at radius 2 is 1.89 bits per heavy atom. The van der Waals surface area contributed by atoms with Crippen molar-refractivity contribution in [2.45, 2.75) is 31.3 Å². The fourth-order valence-electron chi connectivity index (χ4n) is 1.35. The Bertz CT molecular complexity index is 592. The van der Waals surface area contributed by atoms with E-state index in [-0.39, 0.29) is 4.90 Å². The smallest absolute Gasteiger partial charge is 0.331 e. The van der Waals surface area contributed by atoms with E-state index in [4.69, 9.17) is 4.74 Å². The zero-order valence-electron chi connectivity index (χ0n) is 11.5. The van der Waals surface area contributed by atoms with Gasteiger partial charge in [-0.3, -0.25) is 0 Å². The number of sulfone groups is 1. The van der Waals surface area contributed by atoms with Crippen molar-refractivity contribution in [2.75, 3.05) is 6.26 Å². The number of carbonyl (C=O) groups excluding carboxylic acids is 1. The lowest BCUT2D eigenvalue weighted by Gasteiger charge is -2.17. The molecule has 0 unspecified atom stereocenters. The molecule has 0 radical (unpaired) electrons. The molecule has 19 heavy (non-hydrogen) atoms. The minimum Gasteiger partial charge on any atom is -0.457 e. The average molecular weight is 282 g/mol. The predicted octanol–water partition coefficient (Wildman–Crippen LogP) is 2.45. The monoisotopic (exact) mass is 282 g/mol. The zero-order chi connectivity index (χ0) is 14.7. The second-order valence-corrected chi connectivity index (χ2v) is 7.23. The normalized spacial score (nSPS) is 12.6. The first-order valence-corrected chi connectivity index (χ1v) is 7.68. The van der Waals surface area contributed by atoms with Crippen LogP contribution in [0.5, 0.6) is 0 Å². The lowest BCUT2D eigenvalue weighted by atomic mass is 10.2. The van der Waals surface area contributed by atoms with Gasteiger partial charge in [-0.15, -0.1) is 0 Å². The van der Waals surface area contributed by atoms with E-state index in [1.54, 1.807) is 32.9 Å². The van der Waals surface area contributed by atoms with Gasteiger partial charge in [-0.1, -0.05) is 12.1 Å². The summed E-state index contributed by atoms with van der Waals surface area (Å²) in [5, 5.41) is 0. The van der Waals surface area contributed by atoms with Gasteiger partial charge in [-0.05, 0) is 44.5 Å². The molecule has 0 atom stereocenters. The molecule has 5 heteroatoms. The first kappa shape index (κ1) is 15.4. The van der Waals surface area contributed by atoms with Crippen molar-refractivity contribution >= 4 is 21.9 Å². The largest absolute Gasteiger partial charge is 0.457 e. The van der Waals surface area contributed by atoms with Gasteiger partial charge in [0.2, 0.25) is 0 Å². The number of benzene rings is 1. The molecule has 0 fully saturated rings. The first-order valence-electron chi connectivity index (χ1n) is 5.79. The van der Waals surface area contributed by atoms with Crippen LogP contribution < -0.4 is 0 Å². The van der Waals surface area contributed by atoms with Gasteiger partial charge in [-0.2, -0.15) is 0 Å². The number of esters is 1. The molecule has 4 nitrogen and oxygen atoms in total. The first-order chi connectivity index (χ1) is 8.58. The minimum atomic E-state index is -3.24. The lowest BCUT2D eigenvalue weighted by Crippen LogP contribution is -2.22. The van der Waals surface area contributed by atoms with E-state index in [1.807, 2.05) is 0 Å². The number of hydrogen-bond donors (Lipinski definition) is 0. The summed E-state index contributed by atoms with van der Waals surface area (Å²) in [7, 11) is -3.24. The van der Waals surface area contributed by atoms with Crippen molar-refractivity contribution in [3.8, 4) is 0 Å². The number of carbonyl (C=O) groups is 1. The standard InChI is InChI=1S/C14H18O4S/c1-14(2,3)18-13(15)9-8-11-6-5-7-12(10-11)19(4,16)17/h5-10H,1-4H3. The van der Waals surface area contributed by atoms with Crippen LogP contribution in [0.1, 0.15) is 26.3 Å². The fourth-order valence-corrected chi connectivity index (χ4v) is 2.02. The van der Waals surface area contributed by atoms with Crippen LogP contribution in [0.4, 0.5) is 0 Å². The molecule has 0 heterocycles. The third kappa shape index (κ3) is 5.70. The van der Waals surface area contributed by atoms with E-state index in [0.29, 0.717) is 5.56 Å². The second kappa shape index (κ2) is 5.57. The van der Waals surface area contributed by atoms with Gasteiger partial charge >= 0.3 is 5.97 Å². The van der Waals surface area contributed by atoms with E-state index in [0.717, 1.165) is 6.26 Å². The average Bonchev–Trinajstić information content (AvgIpc) is 2.23. The molecule has 0 aliphatic heterocycles. The van der Waals surface area contributed by atoms with E-state index < -0.39 is 21.4 Å². The van der Waals surface area contributed by atoms with Crippen LogP contribution in [0.3, 0.4) is 0 Å². The maximum Gasteiger partial charge on any atom is 0.331 e. The molecule has 0 aliphatic rings. The summed E-state index contributed by atoms with van der Waals surface area (Å²) >= 11 is 0. The highest BCUT2D eigenvalue weighted by Crippen LogP contribution is 2.13. The Hall–Kier alpha value is -1.62. The van der Waals surface area contributed by atoms with Crippen molar-refractivity contribution in [3.05, 3.63) is 35.9 Å². The highest BCUT2D eigenvalue weighted by atomic mass is 32.2. The quantitative estimate of drug-likeness (QED) is 0.631. The number of hydrogen-bond acceptors (Lipinski definition) is 4. The van der Waals surface area contributed by atoms with Crippen LogP contribution in [0.25, 0.3) is 6.08 Å². The van der Waals surface area contributed by atoms with Crippen molar-refractivity contribution in [2.24, 2.45) is 0 Å². The van der Waals surface area contributed by atoms with Crippen molar-refractivity contribution in [3.63, 3.8) is 0 Å². The number of rotatable bonds is 3. The molecule has 0 spiro atoms. The fraction of sp³-hybridized carbons (Fsp3) is 0.357. The molecule has 1 aromatic rings. The third-order valence-electron chi connectivity index (χ3n) is 2.10. The Morgan fingerprint density at radius 3 is 2.42 bits per heavy atom. The maximum absolute atomic E-state index is 11.5. The molecule has 104 valence electrons. The van der Waals surface area contributed by atoms with Gasteiger partial charge in [0.15, 0.2) is 9.84 Å². The topological polar surface area (TPSA) is 60.4 Å². The van der Waals surface area contributed by atoms with Crippen LogP contribution in [-0.4, -0.2) is 26.2 Å². The molecule has 1 aromatic carbocycles. The summed E-state index contributed by atoms with van der Waals surface area (Å²) < 4.78 is 27.9. The molecule has 0 aromatic heterocycles. The van der Waals surface area contributed by atoms with Gasteiger partial charge in [0.1, 0.15) is 5.60 Å². The summed E-state index contributed by atoms with van der Waals surface area (Å²) in [4.78, 5) is 11.7. The highest BCUT2D eigenvalue weighted by Gasteiger charge is 2.13. The van der Waals surface area contributed by atoms with Gasteiger partial charge in [0, 0.05) is 12.3 Å². The molecule has 0 N–H and O–H groups in total. The SMILES string of the molecule is CC(C)(C)OC(=O)C=Cc1cccc(S(C)(=O)=O)c1. The van der Waals surface area contributed by atoms with Gasteiger partial charge in [0.05, 0.1) is 4.90 Å². The Labute approximate surface area is 114 Å². The zero-order valence-corrected chi connectivity index (χ0v) is 12.3. The summed E-state index contributed by atoms with van der Waals surface area (Å²) in [5.74, 6) is -0.461. The van der Waals surface area contributed by atoms with E-state index in [9.17, 15) is 13.2 Å². The summed E-state index contributed by atoms with van der Waals surface area (Å²) in [6.07, 6.45) is 3.96. The minimum absolute atomic E-state index is 0.221. The Kier molecular flexibility index (Phi) is 4.52. The van der Waals surface area contributed by atoms with Crippen LogP contribution in [0, 0.1) is 0 Å². The molecular formula is C14H18O4S. The molecule has 0 bridgehead atoms. The summed E-state index contributed by atoms with van der Waals surface area (Å²) in [6, 6.07) is 6.37. The van der Waals surface area contributed by atoms with Crippen molar-refractivity contribution in [1.29, 1.82) is 0 Å². The maximum atomic E-state index is 11.5. The van der Waals surface area contributed by atoms with Crippen LogP contribution in [0.15, 0.2) is 35.2 Å². The van der Waals surface area contributed by atoms with E-state index in [2.05, 4.69) is 0 Å². The Balaban J connectivity index is 2.86. The molecule has 0 aliphatic carbocycles. The number of ether oxygens (including phenoxy) is 1. The molecule has 0 amide bonds. The van der Waals surface area contributed by atoms with Crippen LogP contribution >= 0.6 is 0 Å². The molecule has 1 rings (SSSR count). The van der Waals surface area contributed by atoms with E-state index in [1.165, 1.54) is 24.3 Å². The Morgan fingerprint density at radius 1 is 1.26 bits per heavy atom. The molecule has 0 saturated heterocycles. The predicted molar refractivity (Wildman–Crippen MR) is 74.4 cm³/mol. The molecule has 0 saturated carbocycles. The molecular weight excluding hydrogens is 264 g/mol. The van der Waals surface area contributed by atoms with Crippen molar-refractivity contribution in [1.82, 2.24) is 0 Å². The van der Waals surface area contributed by atoms with E-state index >= 15 is 0 Å². The third-order valence-corrected chi connectivity index (χ3v) is 3.22. The summed E-state index contributed by atoms with van der Waals surface area (Å²) in [6.45, 7) is 5.34. The van der Waals surface area contributed by atoms with Gasteiger partial charge < -0.3 is 4.74 Å². The highest BCUT2D eigenvalue weighted by molar-refractivity contribution is 7.90.